The minimum Gasteiger partial charge on any atom is -0.468 e. The van der Waals surface area contributed by atoms with Gasteiger partial charge in [0.25, 0.3) is 0 Å². The van der Waals surface area contributed by atoms with Gasteiger partial charge in [-0.05, 0) is 18.2 Å². The van der Waals surface area contributed by atoms with Crippen LogP contribution in [-0.4, -0.2) is 41.5 Å². The van der Waals surface area contributed by atoms with Crippen molar-refractivity contribution < 1.29 is 14.3 Å². The fourth-order valence-corrected chi connectivity index (χ4v) is 2.57. The average molecular weight is 352 g/mol. The molecule has 21 heavy (non-hydrogen) atoms. The largest absolute Gasteiger partial charge is 0.468 e. The van der Waals surface area contributed by atoms with Crippen molar-refractivity contribution in [3.05, 3.63) is 22.3 Å². The lowest BCUT2D eigenvalue weighted by Gasteiger charge is -2.09. The zero-order valence-electron chi connectivity index (χ0n) is 11.3. The van der Waals surface area contributed by atoms with Crippen molar-refractivity contribution in [2.45, 2.75) is 12.5 Å². The zero-order chi connectivity index (χ0) is 15.8. The Hall–Kier alpha value is -1.02. The van der Waals surface area contributed by atoms with E-state index in [0.717, 1.165) is 0 Å². The topological polar surface area (TPSA) is 94.3 Å². The summed E-state index contributed by atoms with van der Waals surface area (Å²) in [6, 6.07) is 0.826. The van der Waals surface area contributed by atoms with Gasteiger partial charge in [0.2, 0.25) is 5.91 Å². The number of carbonyl (C=O) groups is 2. The molecule has 0 bridgehead atoms. The third kappa shape index (κ3) is 6.52. The Morgan fingerprint density at radius 3 is 2.86 bits per heavy atom. The van der Waals surface area contributed by atoms with E-state index in [1.807, 2.05) is 0 Å². The van der Waals surface area contributed by atoms with E-state index in [0.29, 0.717) is 17.2 Å². The average Bonchev–Trinajstić information content (AvgIpc) is 2.45. The van der Waals surface area contributed by atoms with E-state index in [2.05, 4.69) is 15.0 Å². The normalized spacial score (nSPS) is 11.8. The van der Waals surface area contributed by atoms with Crippen LogP contribution in [0, 0.1) is 0 Å². The van der Waals surface area contributed by atoms with Crippen molar-refractivity contribution in [1.82, 2.24) is 4.98 Å². The number of hydrogen-bond acceptors (Lipinski definition) is 6. The number of esters is 1. The minimum absolute atomic E-state index is 0.203. The molecule has 9 heteroatoms. The molecule has 116 valence electrons. The maximum absolute atomic E-state index is 11.7. The van der Waals surface area contributed by atoms with Gasteiger partial charge in [0.05, 0.1) is 22.9 Å². The van der Waals surface area contributed by atoms with E-state index in [-0.39, 0.29) is 22.5 Å². The van der Waals surface area contributed by atoms with Crippen LogP contribution in [-0.2, 0) is 14.3 Å². The highest BCUT2D eigenvalue weighted by molar-refractivity contribution is 7.99. The number of nitrogens with one attached hydrogen (secondary N) is 1. The summed E-state index contributed by atoms with van der Waals surface area (Å²) < 4.78 is 4.51. The van der Waals surface area contributed by atoms with Gasteiger partial charge in [-0.3, -0.25) is 9.59 Å². The van der Waals surface area contributed by atoms with Gasteiger partial charge in [0, 0.05) is 6.20 Å². The number of nitrogens with two attached hydrogens (primary N) is 1. The van der Waals surface area contributed by atoms with Gasteiger partial charge in [-0.15, -0.1) is 0 Å². The summed E-state index contributed by atoms with van der Waals surface area (Å²) in [5.74, 6) is 0.318. The Bertz CT molecular complexity index is 517. The van der Waals surface area contributed by atoms with Crippen LogP contribution in [0.15, 0.2) is 12.3 Å². The van der Waals surface area contributed by atoms with Gasteiger partial charge in [0.1, 0.15) is 6.04 Å². The summed E-state index contributed by atoms with van der Waals surface area (Å²) in [7, 11) is 1.28. The second kappa shape index (κ2) is 9.09. The van der Waals surface area contributed by atoms with E-state index in [1.165, 1.54) is 31.1 Å². The van der Waals surface area contributed by atoms with Crippen molar-refractivity contribution in [1.29, 1.82) is 0 Å². The van der Waals surface area contributed by atoms with Crippen LogP contribution in [0.1, 0.15) is 6.42 Å². The highest BCUT2D eigenvalue weighted by Gasteiger charge is 2.13. The molecule has 1 aromatic rings. The van der Waals surface area contributed by atoms with E-state index < -0.39 is 12.0 Å². The maximum atomic E-state index is 11.7. The standard InChI is InChI=1S/C12H15Cl2N3O3S/c1-20-12(19)9(15)2-3-21-6-10(18)17-11-8(14)4-7(13)5-16-11/h4-5,9H,2-3,6,15H2,1H3,(H,16,17,18). The molecule has 0 saturated heterocycles. The smallest absolute Gasteiger partial charge is 0.322 e. The second-order valence-electron chi connectivity index (χ2n) is 4.00. The van der Waals surface area contributed by atoms with E-state index in [1.54, 1.807) is 0 Å². The zero-order valence-corrected chi connectivity index (χ0v) is 13.6. The Balaban J connectivity index is 2.30. The maximum Gasteiger partial charge on any atom is 0.322 e. The molecular formula is C12H15Cl2N3O3S. The van der Waals surface area contributed by atoms with Crippen LogP contribution in [0.4, 0.5) is 5.82 Å². The van der Waals surface area contributed by atoms with Crippen LogP contribution in [0.3, 0.4) is 0 Å². The molecule has 1 atom stereocenters. The van der Waals surface area contributed by atoms with Gasteiger partial charge >= 0.3 is 5.97 Å². The Labute approximate surface area is 136 Å². The molecule has 1 amide bonds. The number of methoxy groups -OCH3 is 1. The number of pyridine rings is 1. The van der Waals surface area contributed by atoms with Crippen LogP contribution in [0.25, 0.3) is 0 Å². The summed E-state index contributed by atoms with van der Waals surface area (Å²) in [5, 5.41) is 3.24. The van der Waals surface area contributed by atoms with E-state index in [9.17, 15) is 9.59 Å². The number of halogens is 2. The molecule has 0 saturated carbocycles. The Morgan fingerprint density at radius 1 is 1.52 bits per heavy atom. The number of thioether (sulfide) groups is 1. The molecule has 0 aromatic carbocycles. The number of amides is 1. The van der Waals surface area contributed by atoms with Crippen molar-refractivity contribution in [3.8, 4) is 0 Å². The summed E-state index contributed by atoms with van der Waals surface area (Å²) in [6.45, 7) is 0. The van der Waals surface area contributed by atoms with Gasteiger partial charge in [-0.2, -0.15) is 11.8 Å². The molecule has 1 rings (SSSR count). The van der Waals surface area contributed by atoms with Crippen molar-refractivity contribution >= 4 is 52.7 Å². The molecule has 6 nitrogen and oxygen atoms in total. The molecule has 1 aromatic heterocycles. The number of carbonyl (C=O) groups excluding carboxylic acids is 2. The fourth-order valence-electron chi connectivity index (χ4n) is 1.32. The molecule has 0 aliphatic carbocycles. The first-order valence-electron chi connectivity index (χ1n) is 5.96. The van der Waals surface area contributed by atoms with Gasteiger partial charge in [-0.1, -0.05) is 23.2 Å². The first-order chi connectivity index (χ1) is 9.93. The van der Waals surface area contributed by atoms with E-state index in [4.69, 9.17) is 28.9 Å². The van der Waals surface area contributed by atoms with Crippen LogP contribution in [0.5, 0.6) is 0 Å². The molecule has 0 spiro atoms. The first-order valence-corrected chi connectivity index (χ1v) is 7.87. The lowest BCUT2D eigenvalue weighted by Crippen LogP contribution is -2.32. The number of anilines is 1. The SMILES string of the molecule is COC(=O)C(N)CCSCC(=O)Nc1ncc(Cl)cc1Cl. The molecule has 0 radical (unpaired) electrons. The first kappa shape index (κ1) is 18.0. The highest BCUT2D eigenvalue weighted by atomic mass is 35.5. The number of rotatable bonds is 7. The van der Waals surface area contributed by atoms with Gasteiger partial charge < -0.3 is 15.8 Å². The Kier molecular flexibility index (Phi) is 7.81. The van der Waals surface area contributed by atoms with Crippen molar-refractivity contribution in [3.63, 3.8) is 0 Å². The minimum atomic E-state index is -0.669. The third-order valence-electron chi connectivity index (χ3n) is 2.38. The summed E-state index contributed by atoms with van der Waals surface area (Å²) in [4.78, 5) is 26.7. The van der Waals surface area contributed by atoms with Gasteiger partial charge in [-0.25, -0.2) is 4.98 Å². The third-order valence-corrected chi connectivity index (χ3v) is 3.86. The predicted octanol–water partition coefficient (Wildman–Crippen LogP) is 1.95. The van der Waals surface area contributed by atoms with Crippen molar-refractivity contribution in [2.75, 3.05) is 23.9 Å². The van der Waals surface area contributed by atoms with E-state index >= 15 is 0 Å². The monoisotopic (exact) mass is 351 g/mol. The van der Waals surface area contributed by atoms with Crippen LogP contribution in [0.2, 0.25) is 10.0 Å². The van der Waals surface area contributed by atoms with Gasteiger partial charge in [0.15, 0.2) is 5.82 Å². The molecular weight excluding hydrogens is 337 g/mol. The van der Waals surface area contributed by atoms with Crippen molar-refractivity contribution in [2.24, 2.45) is 5.73 Å². The summed E-state index contributed by atoms with van der Waals surface area (Å²) >= 11 is 12.9. The number of ether oxygens (including phenoxy) is 1. The molecule has 0 fully saturated rings. The second-order valence-corrected chi connectivity index (χ2v) is 5.95. The Morgan fingerprint density at radius 2 is 2.24 bits per heavy atom. The van der Waals surface area contributed by atoms with Crippen LogP contribution < -0.4 is 11.1 Å². The highest BCUT2D eigenvalue weighted by Crippen LogP contribution is 2.22. The lowest BCUT2D eigenvalue weighted by atomic mass is 10.2. The fraction of sp³-hybridized carbons (Fsp3) is 0.417. The van der Waals surface area contributed by atoms with Crippen LogP contribution >= 0.6 is 35.0 Å². The number of hydrogen-bond donors (Lipinski definition) is 2. The summed E-state index contributed by atoms with van der Waals surface area (Å²) in [6.07, 6.45) is 1.83. The molecule has 1 unspecified atom stereocenters. The summed E-state index contributed by atoms with van der Waals surface area (Å²) in [5.41, 5.74) is 5.57. The lowest BCUT2D eigenvalue weighted by molar-refractivity contribution is -0.142. The molecule has 1 heterocycles. The number of aromatic nitrogens is 1. The molecule has 3 N–H and O–H groups in total. The predicted molar refractivity (Wildman–Crippen MR) is 84.8 cm³/mol. The number of nitrogens with zero attached hydrogens (tertiary/aromatic N) is 1. The molecule has 0 aliphatic heterocycles. The molecule has 0 aliphatic rings. The quantitative estimate of drug-likeness (QED) is 0.575.